The molecule has 0 bridgehead atoms. The third-order valence-electron chi connectivity index (χ3n) is 5.91. The average Bonchev–Trinajstić information content (AvgIpc) is 2.92. The molecule has 0 aliphatic heterocycles. The van der Waals surface area contributed by atoms with Crippen LogP contribution in [0.4, 0.5) is 0 Å². The van der Waals surface area contributed by atoms with Crippen LogP contribution in [-0.4, -0.2) is 10.2 Å². The third kappa shape index (κ3) is 2.35. The van der Waals surface area contributed by atoms with Crippen LogP contribution in [0.1, 0.15) is 30.5 Å². The maximum Gasteiger partial charge on any atom is 0.0631 e. The Kier molecular flexibility index (Phi) is 4.26. The second kappa shape index (κ2) is 6.58. The fourth-order valence-corrected chi connectivity index (χ4v) is 5.72. The van der Waals surface area contributed by atoms with E-state index in [0.717, 1.165) is 10.2 Å². The fourth-order valence-electron chi connectivity index (χ4n) is 4.52. The molecule has 0 aromatic heterocycles. The largest absolute Gasteiger partial charge is 0.0699 e. The van der Waals surface area contributed by atoms with Gasteiger partial charge in [-0.05, 0) is 41.7 Å². The zero-order valence-electron chi connectivity index (χ0n) is 15.7. The fraction of sp³-hybridized carbons (Fsp3) is 0.120. The molecule has 128 valence electrons. The van der Waals surface area contributed by atoms with Crippen molar-refractivity contribution in [3.05, 3.63) is 124 Å². The van der Waals surface area contributed by atoms with Crippen LogP contribution in [0.15, 0.2) is 107 Å². The zero-order chi connectivity index (χ0) is 18.1. The first-order chi connectivity index (χ1) is 12.7. The minimum atomic E-state index is -0.176. The third-order valence-corrected chi connectivity index (χ3v) is 7.41. The minimum Gasteiger partial charge on any atom is -0.0699 e. The lowest BCUT2D eigenvalue weighted by atomic mass is 9.68. The van der Waals surface area contributed by atoms with Gasteiger partial charge < -0.3 is 0 Å². The number of hydrogen-bond donors (Lipinski definition) is 0. The SMILES string of the molecule is CC1=C([SiH3])C(c2ccccc2)(c2ccccc2)C(c2ccccc2)=C1C. The molecule has 0 nitrogen and oxygen atoms in total. The van der Waals surface area contributed by atoms with Crippen LogP contribution in [0.25, 0.3) is 5.57 Å². The summed E-state index contributed by atoms with van der Waals surface area (Å²) < 4.78 is 0. The van der Waals surface area contributed by atoms with Crippen LogP contribution in [0.3, 0.4) is 0 Å². The van der Waals surface area contributed by atoms with E-state index in [9.17, 15) is 0 Å². The highest BCUT2D eigenvalue weighted by Gasteiger charge is 2.45. The molecule has 1 heteroatoms. The Labute approximate surface area is 159 Å². The molecule has 0 atom stereocenters. The summed E-state index contributed by atoms with van der Waals surface area (Å²) in [5, 5.41) is 1.56. The number of rotatable bonds is 3. The quantitative estimate of drug-likeness (QED) is 0.575. The van der Waals surface area contributed by atoms with E-state index >= 15 is 0 Å². The average molecular weight is 353 g/mol. The smallest absolute Gasteiger partial charge is 0.0631 e. The van der Waals surface area contributed by atoms with E-state index in [1.807, 2.05) is 0 Å². The first kappa shape index (κ1) is 16.8. The van der Waals surface area contributed by atoms with E-state index in [-0.39, 0.29) is 5.41 Å². The Morgan fingerprint density at radius 3 is 1.46 bits per heavy atom. The molecule has 3 aromatic rings. The molecule has 1 aliphatic carbocycles. The Bertz CT molecular complexity index is 941. The lowest BCUT2D eigenvalue weighted by Gasteiger charge is -2.37. The van der Waals surface area contributed by atoms with Crippen LogP contribution in [0.5, 0.6) is 0 Å². The van der Waals surface area contributed by atoms with Crippen molar-refractivity contribution < 1.29 is 0 Å². The van der Waals surface area contributed by atoms with Gasteiger partial charge in [0.2, 0.25) is 0 Å². The molecule has 1 aliphatic rings. The van der Waals surface area contributed by atoms with E-state index in [0.29, 0.717) is 0 Å². The second-order valence-electron chi connectivity index (χ2n) is 7.10. The number of allylic oxidation sites excluding steroid dienone is 4. The summed E-state index contributed by atoms with van der Waals surface area (Å²) in [6.07, 6.45) is 0. The van der Waals surface area contributed by atoms with E-state index < -0.39 is 0 Å². The zero-order valence-corrected chi connectivity index (χ0v) is 17.7. The molecule has 0 unspecified atom stereocenters. The topological polar surface area (TPSA) is 0 Å². The van der Waals surface area contributed by atoms with Gasteiger partial charge in [0.05, 0.1) is 5.41 Å². The summed E-state index contributed by atoms with van der Waals surface area (Å²) in [4.78, 5) is 0. The van der Waals surface area contributed by atoms with Crippen LogP contribution in [0.2, 0.25) is 0 Å². The van der Waals surface area contributed by atoms with Gasteiger partial charge in [0.25, 0.3) is 0 Å². The van der Waals surface area contributed by atoms with E-state index in [2.05, 4.69) is 105 Å². The van der Waals surface area contributed by atoms with Crippen molar-refractivity contribution in [2.24, 2.45) is 0 Å². The van der Waals surface area contributed by atoms with Gasteiger partial charge in [-0.15, -0.1) is 0 Å². The molecule has 0 fully saturated rings. The van der Waals surface area contributed by atoms with Gasteiger partial charge in [-0.2, -0.15) is 0 Å². The highest BCUT2D eigenvalue weighted by atomic mass is 28.1. The molecule has 4 rings (SSSR count). The summed E-state index contributed by atoms with van der Waals surface area (Å²) in [5.74, 6) is 0. The Morgan fingerprint density at radius 1 is 0.577 bits per heavy atom. The second-order valence-corrected chi connectivity index (χ2v) is 8.10. The summed E-state index contributed by atoms with van der Waals surface area (Å²) in [6.45, 7) is 4.59. The van der Waals surface area contributed by atoms with E-state index in [1.54, 1.807) is 5.20 Å². The normalized spacial score (nSPS) is 16.4. The van der Waals surface area contributed by atoms with Crippen molar-refractivity contribution in [2.45, 2.75) is 19.3 Å². The van der Waals surface area contributed by atoms with Gasteiger partial charge in [-0.25, -0.2) is 0 Å². The van der Waals surface area contributed by atoms with Gasteiger partial charge in [0, 0.05) is 10.2 Å². The molecule has 0 amide bonds. The predicted octanol–water partition coefficient (Wildman–Crippen LogP) is 5.10. The maximum atomic E-state index is 2.30. The van der Waals surface area contributed by atoms with Crippen molar-refractivity contribution >= 4 is 15.8 Å². The maximum absolute atomic E-state index is 2.30. The molecule has 0 heterocycles. The highest BCUT2D eigenvalue weighted by molar-refractivity contribution is 6.27. The van der Waals surface area contributed by atoms with Crippen molar-refractivity contribution in [1.29, 1.82) is 0 Å². The molecular formula is C25H24Si. The van der Waals surface area contributed by atoms with E-state index in [1.165, 1.54) is 33.4 Å². The minimum absolute atomic E-state index is 0.176. The van der Waals surface area contributed by atoms with Crippen LogP contribution in [0, 0.1) is 0 Å². The van der Waals surface area contributed by atoms with E-state index in [4.69, 9.17) is 0 Å². The molecular weight excluding hydrogens is 328 g/mol. The van der Waals surface area contributed by atoms with Crippen molar-refractivity contribution in [1.82, 2.24) is 0 Å². The lowest BCUT2D eigenvalue weighted by Crippen LogP contribution is -2.30. The van der Waals surface area contributed by atoms with Gasteiger partial charge >= 0.3 is 0 Å². The van der Waals surface area contributed by atoms with Crippen molar-refractivity contribution in [3.63, 3.8) is 0 Å². The molecule has 0 radical (unpaired) electrons. The van der Waals surface area contributed by atoms with Gasteiger partial charge in [-0.1, -0.05) is 102 Å². The van der Waals surface area contributed by atoms with Crippen LogP contribution >= 0.6 is 0 Å². The van der Waals surface area contributed by atoms with Gasteiger partial charge in [0.15, 0.2) is 0 Å². The Hall–Kier alpha value is -2.64. The van der Waals surface area contributed by atoms with Gasteiger partial charge in [-0.3, -0.25) is 0 Å². The molecule has 3 aromatic carbocycles. The standard InChI is InChI=1S/C25H24Si/c1-18-19(2)24(26)25(21-14-8-4-9-15-21,22-16-10-5-11-17-22)23(18)20-12-6-3-7-13-20/h3-17H,1-2,26H3. The number of benzene rings is 3. The first-order valence-electron chi connectivity index (χ1n) is 9.23. The summed E-state index contributed by atoms with van der Waals surface area (Å²) in [7, 11) is 1.03. The monoisotopic (exact) mass is 352 g/mol. The van der Waals surface area contributed by atoms with Crippen molar-refractivity contribution in [3.8, 4) is 0 Å². The van der Waals surface area contributed by atoms with Crippen LogP contribution < -0.4 is 0 Å². The van der Waals surface area contributed by atoms with Crippen molar-refractivity contribution in [2.75, 3.05) is 0 Å². The summed E-state index contributed by atoms with van der Waals surface area (Å²) >= 11 is 0. The first-order valence-corrected chi connectivity index (χ1v) is 10.2. The summed E-state index contributed by atoms with van der Waals surface area (Å²) in [6, 6.07) is 33.0. The predicted molar refractivity (Wildman–Crippen MR) is 115 cm³/mol. The Morgan fingerprint density at radius 2 is 1.00 bits per heavy atom. The number of hydrogen-bond acceptors (Lipinski definition) is 0. The lowest BCUT2D eigenvalue weighted by molar-refractivity contribution is 0.828. The molecule has 0 saturated heterocycles. The molecule has 0 saturated carbocycles. The molecule has 26 heavy (non-hydrogen) atoms. The summed E-state index contributed by atoms with van der Waals surface area (Å²) in [5.41, 5.74) is 8.21. The van der Waals surface area contributed by atoms with Gasteiger partial charge in [0.1, 0.15) is 0 Å². The molecule has 0 spiro atoms. The molecule has 0 N–H and O–H groups in total. The van der Waals surface area contributed by atoms with Crippen LogP contribution in [-0.2, 0) is 5.41 Å². The Balaban J connectivity index is 2.13. The highest BCUT2D eigenvalue weighted by Crippen LogP contribution is 2.55.